The monoisotopic (exact) mass is 478 g/mol. The molecule has 0 bridgehead atoms. The van der Waals surface area contributed by atoms with E-state index in [1.54, 1.807) is 0 Å². The molecule has 5 aromatic carbocycles. The summed E-state index contributed by atoms with van der Waals surface area (Å²) in [6.07, 6.45) is 0. The van der Waals surface area contributed by atoms with Gasteiger partial charge in [0, 0.05) is 27.3 Å². The Kier molecular flexibility index (Phi) is 4.86. The van der Waals surface area contributed by atoms with Crippen LogP contribution in [0.5, 0.6) is 0 Å². The SMILES string of the molecule is N=C(N=C(Nn1c2ccccc2c2c3oc4ccccc4c3ccc21)c1ccccc1)c1ccccc1. The molecule has 0 saturated heterocycles. The number of para-hydroxylation sites is 2. The van der Waals surface area contributed by atoms with Crippen LogP contribution >= 0.6 is 0 Å². The highest BCUT2D eigenvalue weighted by molar-refractivity contribution is 6.24. The maximum Gasteiger partial charge on any atom is 0.154 e. The molecule has 176 valence electrons. The van der Waals surface area contributed by atoms with Crippen LogP contribution < -0.4 is 5.43 Å². The lowest BCUT2D eigenvalue weighted by atomic mass is 10.1. The highest BCUT2D eigenvalue weighted by Crippen LogP contribution is 2.38. The molecule has 0 radical (unpaired) electrons. The number of benzene rings is 5. The summed E-state index contributed by atoms with van der Waals surface area (Å²) in [5.41, 5.74) is 8.90. The first-order valence-electron chi connectivity index (χ1n) is 12.2. The minimum atomic E-state index is 0.187. The number of fused-ring (bicyclic) bond motifs is 7. The minimum Gasteiger partial charge on any atom is -0.455 e. The third kappa shape index (κ3) is 3.48. The van der Waals surface area contributed by atoms with Crippen LogP contribution in [0.4, 0.5) is 0 Å². The van der Waals surface area contributed by atoms with E-state index in [0.717, 1.165) is 54.9 Å². The van der Waals surface area contributed by atoms with Crippen molar-refractivity contribution in [3.8, 4) is 0 Å². The van der Waals surface area contributed by atoms with Crippen LogP contribution in [0.2, 0.25) is 0 Å². The molecule has 5 nitrogen and oxygen atoms in total. The Hall–Kier alpha value is -5.16. The Bertz CT molecular complexity index is 1960. The van der Waals surface area contributed by atoms with Gasteiger partial charge in [0.15, 0.2) is 11.7 Å². The number of furan rings is 1. The van der Waals surface area contributed by atoms with Crippen molar-refractivity contribution in [1.29, 1.82) is 5.41 Å². The predicted octanol–water partition coefficient (Wildman–Crippen LogP) is 7.71. The molecule has 0 aliphatic rings. The summed E-state index contributed by atoms with van der Waals surface area (Å²) in [5.74, 6) is 0.772. The topological polar surface area (TPSA) is 66.3 Å². The van der Waals surface area contributed by atoms with Crippen LogP contribution in [-0.4, -0.2) is 16.3 Å². The van der Waals surface area contributed by atoms with Crippen LogP contribution in [0, 0.1) is 5.41 Å². The maximum absolute atomic E-state index is 8.68. The molecule has 0 aliphatic heterocycles. The average Bonchev–Trinajstić information content (AvgIpc) is 3.49. The van der Waals surface area contributed by atoms with Gasteiger partial charge in [-0.2, -0.15) is 0 Å². The minimum absolute atomic E-state index is 0.187. The van der Waals surface area contributed by atoms with Crippen molar-refractivity contribution in [2.75, 3.05) is 5.43 Å². The lowest BCUT2D eigenvalue weighted by Gasteiger charge is -2.14. The fourth-order valence-electron chi connectivity index (χ4n) is 4.98. The van der Waals surface area contributed by atoms with E-state index < -0.39 is 0 Å². The number of aliphatic imine (C=N–C) groups is 1. The fourth-order valence-corrected chi connectivity index (χ4v) is 4.98. The smallest absolute Gasteiger partial charge is 0.154 e. The van der Waals surface area contributed by atoms with Crippen molar-refractivity contribution in [1.82, 2.24) is 4.68 Å². The van der Waals surface area contributed by atoms with E-state index in [4.69, 9.17) is 14.8 Å². The molecule has 0 atom stereocenters. The average molecular weight is 479 g/mol. The van der Waals surface area contributed by atoms with Crippen molar-refractivity contribution in [2.24, 2.45) is 4.99 Å². The summed E-state index contributed by atoms with van der Waals surface area (Å²) in [4.78, 5) is 4.75. The summed E-state index contributed by atoms with van der Waals surface area (Å²) < 4.78 is 8.44. The molecule has 37 heavy (non-hydrogen) atoms. The predicted molar refractivity (Wildman–Crippen MR) is 152 cm³/mol. The number of hydrogen-bond acceptors (Lipinski definition) is 2. The lowest BCUT2D eigenvalue weighted by Crippen LogP contribution is -2.25. The molecule has 0 aliphatic carbocycles. The summed E-state index contributed by atoms with van der Waals surface area (Å²) in [5, 5.41) is 13.0. The number of hydrogen-bond donors (Lipinski definition) is 2. The van der Waals surface area contributed by atoms with Crippen LogP contribution in [0.1, 0.15) is 11.1 Å². The van der Waals surface area contributed by atoms with E-state index in [-0.39, 0.29) is 5.84 Å². The molecule has 2 aromatic heterocycles. The van der Waals surface area contributed by atoms with Crippen molar-refractivity contribution >= 4 is 55.4 Å². The zero-order chi connectivity index (χ0) is 24.8. The zero-order valence-electron chi connectivity index (χ0n) is 19.8. The molecular formula is C32H22N4O. The molecule has 0 unspecified atom stereocenters. The van der Waals surface area contributed by atoms with Crippen LogP contribution in [-0.2, 0) is 0 Å². The van der Waals surface area contributed by atoms with Gasteiger partial charge in [-0.25, -0.2) is 4.99 Å². The number of rotatable bonds is 3. The van der Waals surface area contributed by atoms with Gasteiger partial charge in [-0.3, -0.25) is 15.5 Å². The fraction of sp³-hybridized carbons (Fsp3) is 0. The first-order chi connectivity index (χ1) is 18.3. The molecule has 5 heteroatoms. The molecule has 0 fully saturated rings. The second-order valence-corrected chi connectivity index (χ2v) is 8.94. The van der Waals surface area contributed by atoms with Gasteiger partial charge >= 0.3 is 0 Å². The molecule has 0 amide bonds. The van der Waals surface area contributed by atoms with E-state index in [1.165, 1.54) is 0 Å². The van der Waals surface area contributed by atoms with E-state index >= 15 is 0 Å². The number of nitrogens with one attached hydrogen (secondary N) is 2. The highest BCUT2D eigenvalue weighted by Gasteiger charge is 2.19. The first-order valence-corrected chi connectivity index (χ1v) is 12.2. The normalized spacial score (nSPS) is 12.1. The van der Waals surface area contributed by atoms with Crippen LogP contribution in [0.15, 0.2) is 131 Å². The van der Waals surface area contributed by atoms with Gasteiger partial charge < -0.3 is 4.42 Å². The molecular weight excluding hydrogens is 456 g/mol. The Balaban J connectivity index is 1.46. The van der Waals surface area contributed by atoms with Crippen LogP contribution in [0.3, 0.4) is 0 Å². The second kappa shape index (κ2) is 8.50. The van der Waals surface area contributed by atoms with Gasteiger partial charge in [-0.15, -0.1) is 0 Å². The van der Waals surface area contributed by atoms with E-state index in [1.807, 2.05) is 95.7 Å². The second-order valence-electron chi connectivity index (χ2n) is 8.94. The standard InChI is InChI=1S/C32H22N4O/c33-31(21-11-3-1-4-12-21)34-32(22-13-5-2-6-14-22)35-36-26-17-9-7-16-25(26)29-27(36)20-19-24-23-15-8-10-18-28(23)37-30(24)29/h1-20H,(H2,33,34,35). The molecule has 0 spiro atoms. The van der Waals surface area contributed by atoms with Gasteiger partial charge in [0.05, 0.1) is 16.4 Å². The van der Waals surface area contributed by atoms with Crippen molar-refractivity contribution in [3.63, 3.8) is 0 Å². The van der Waals surface area contributed by atoms with Gasteiger partial charge in [0.1, 0.15) is 11.2 Å². The summed E-state index contributed by atoms with van der Waals surface area (Å²) in [6, 6.07) is 40.1. The molecule has 2 N–H and O–H groups in total. The van der Waals surface area contributed by atoms with Gasteiger partial charge in [0.2, 0.25) is 0 Å². The van der Waals surface area contributed by atoms with Gasteiger partial charge in [-0.05, 0) is 24.3 Å². The highest BCUT2D eigenvalue weighted by atomic mass is 16.3. The summed E-state index contributed by atoms with van der Waals surface area (Å²) in [6.45, 7) is 0. The number of aromatic nitrogens is 1. The Morgan fingerprint density at radius 3 is 2.05 bits per heavy atom. The summed E-state index contributed by atoms with van der Waals surface area (Å²) in [7, 11) is 0. The van der Waals surface area contributed by atoms with Crippen LogP contribution in [0.25, 0.3) is 43.7 Å². The van der Waals surface area contributed by atoms with E-state index in [0.29, 0.717) is 5.84 Å². The number of amidine groups is 2. The largest absolute Gasteiger partial charge is 0.455 e. The zero-order valence-corrected chi connectivity index (χ0v) is 19.8. The van der Waals surface area contributed by atoms with Gasteiger partial charge in [0.25, 0.3) is 0 Å². The Morgan fingerprint density at radius 2 is 1.27 bits per heavy atom. The van der Waals surface area contributed by atoms with Crippen molar-refractivity contribution in [3.05, 3.63) is 132 Å². The molecule has 7 rings (SSSR count). The first kappa shape index (κ1) is 21.1. The Labute approximate surface area is 212 Å². The van der Waals surface area contributed by atoms with Gasteiger partial charge in [-0.1, -0.05) is 97.1 Å². The van der Waals surface area contributed by atoms with Crippen molar-refractivity contribution < 1.29 is 4.42 Å². The third-order valence-corrected chi connectivity index (χ3v) is 6.72. The van der Waals surface area contributed by atoms with Crippen molar-refractivity contribution in [2.45, 2.75) is 0 Å². The number of nitrogens with zero attached hydrogens (tertiary/aromatic N) is 2. The molecule has 2 heterocycles. The maximum atomic E-state index is 8.68. The lowest BCUT2D eigenvalue weighted by molar-refractivity contribution is 0.673. The quantitative estimate of drug-likeness (QED) is 0.202. The van der Waals surface area contributed by atoms with E-state index in [9.17, 15) is 0 Å². The Morgan fingerprint density at radius 1 is 0.622 bits per heavy atom. The third-order valence-electron chi connectivity index (χ3n) is 6.72. The summed E-state index contributed by atoms with van der Waals surface area (Å²) >= 11 is 0. The molecule has 7 aromatic rings. The van der Waals surface area contributed by atoms with E-state index in [2.05, 4.69) is 35.8 Å². The molecule has 0 saturated carbocycles.